The van der Waals surface area contributed by atoms with E-state index in [1.165, 1.54) is 0 Å². The molecule has 2 N–H and O–H groups in total. The highest BCUT2D eigenvalue weighted by Gasteiger charge is 2.28. The van der Waals surface area contributed by atoms with Crippen LogP contribution in [0.15, 0.2) is 0 Å². The molecule has 0 aromatic rings. The molecule has 0 radical (unpaired) electrons. The Labute approximate surface area is 155 Å². The highest BCUT2D eigenvalue weighted by molar-refractivity contribution is 7.99. The summed E-state index contributed by atoms with van der Waals surface area (Å²) in [6, 6.07) is 0.150. The number of amides is 2. The first-order chi connectivity index (χ1) is 12.1. The van der Waals surface area contributed by atoms with Crippen LogP contribution in [-0.2, 0) is 14.3 Å². The van der Waals surface area contributed by atoms with E-state index in [1.807, 2.05) is 23.6 Å². The Morgan fingerprint density at radius 1 is 1.32 bits per heavy atom. The molecular formula is C17H32N4O3S. The summed E-state index contributed by atoms with van der Waals surface area (Å²) in [6.45, 7) is 7.15. The summed E-state index contributed by atoms with van der Waals surface area (Å²) in [5, 5.41) is 6.37. The van der Waals surface area contributed by atoms with E-state index in [4.69, 9.17) is 4.74 Å². The second kappa shape index (κ2) is 11.0. The molecule has 0 aromatic carbocycles. The van der Waals surface area contributed by atoms with Gasteiger partial charge in [0.2, 0.25) is 11.8 Å². The largest absolute Gasteiger partial charge is 0.385 e. The molecular weight excluding hydrogens is 340 g/mol. The maximum atomic E-state index is 12.4. The number of piperazine rings is 1. The molecule has 0 aliphatic carbocycles. The van der Waals surface area contributed by atoms with E-state index >= 15 is 0 Å². The van der Waals surface area contributed by atoms with Gasteiger partial charge in [-0.3, -0.25) is 14.5 Å². The fraction of sp³-hybridized carbons (Fsp3) is 0.882. The van der Waals surface area contributed by atoms with Gasteiger partial charge in [0.1, 0.15) is 0 Å². The number of hydrogen-bond acceptors (Lipinski definition) is 6. The predicted molar refractivity (Wildman–Crippen MR) is 101 cm³/mol. The molecule has 2 heterocycles. The highest BCUT2D eigenvalue weighted by Crippen LogP contribution is 2.13. The Morgan fingerprint density at radius 3 is 2.72 bits per heavy atom. The number of carbonyl (C=O) groups excluding carboxylic acids is 2. The fourth-order valence-electron chi connectivity index (χ4n) is 3.19. The Bertz CT molecular complexity index is 424. The lowest BCUT2D eigenvalue weighted by molar-refractivity contribution is -0.134. The molecule has 2 amide bonds. The molecule has 0 saturated carbocycles. The van der Waals surface area contributed by atoms with Gasteiger partial charge in [-0.15, -0.1) is 0 Å². The topological polar surface area (TPSA) is 73.9 Å². The molecule has 2 rings (SSSR count). The predicted octanol–water partition coefficient (Wildman–Crippen LogP) is -0.233. The van der Waals surface area contributed by atoms with Crippen molar-refractivity contribution in [2.45, 2.75) is 31.8 Å². The molecule has 2 unspecified atom stereocenters. The summed E-state index contributed by atoms with van der Waals surface area (Å²) in [6.07, 6.45) is 1.41. The number of carbonyl (C=O) groups is 2. The average Bonchev–Trinajstić information content (AvgIpc) is 2.65. The molecule has 0 bridgehead atoms. The van der Waals surface area contributed by atoms with Gasteiger partial charge in [-0.25, -0.2) is 0 Å². The van der Waals surface area contributed by atoms with Crippen LogP contribution in [0.5, 0.6) is 0 Å². The Hall–Kier alpha value is -0.830. The number of methoxy groups -OCH3 is 1. The first-order valence-electron chi connectivity index (χ1n) is 9.21. The third kappa shape index (κ3) is 6.77. The Kier molecular flexibility index (Phi) is 9.02. The summed E-state index contributed by atoms with van der Waals surface area (Å²) in [7, 11) is 1.66. The van der Waals surface area contributed by atoms with Gasteiger partial charge < -0.3 is 20.3 Å². The quantitative estimate of drug-likeness (QED) is 0.573. The Morgan fingerprint density at radius 2 is 2.08 bits per heavy atom. The minimum atomic E-state index is -0.156. The van der Waals surface area contributed by atoms with E-state index < -0.39 is 0 Å². The van der Waals surface area contributed by atoms with Crippen LogP contribution in [0.1, 0.15) is 19.8 Å². The van der Waals surface area contributed by atoms with Crippen LogP contribution in [0, 0.1) is 0 Å². The number of rotatable bonds is 8. The normalized spacial score (nSPS) is 23.3. The lowest BCUT2D eigenvalue weighted by Crippen LogP contribution is -2.55. The van der Waals surface area contributed by atoms with E-state index in [-0.39, 0.29) is 17.9 Å². The molecule has 25 heavy (non-hydrogen) atoms. The molecule has 2 atom stereocenters. The number of hydrogen-bond donors (Lipinski definition) is 2. The minimum Gasteiger partial charge on any atom is -0.385 e. The maximum absolute atomic E-state index is 12.4. The van der Waals surface area contributed by atoms with Crippen LogP contribution < -0.4 is 10.6 Å². The third-order valence-electron chi connectivity index (χ3n) is 4.84. The zero-order valence-corrected chi connectivity index (χ0v) is 16.3. The maximum Gasteiger partial charge on any atom is 0.237 e. The van der Waals surface area contributed by atoms with Crippen molar-refractivity contribution in [2.24, 2.45) is 0 Å². The first-order valence-corrected chi connectivity index (χ1v) is 10.4. The van der Waals surface area contributed by atoms with Gasteiger partial charge >= 0.3 is 0 Å². The summed E-state index contributed by atoms with van der Waals surface area (Å²) in [5.74, 6) is 2.44. The lowest BCUT2D eigenvalue weighted by Gasteiger charge is -2.38. The van der Waals surface area contributed by atoms with Crippen molar-refractivity contribution in [1.82, 2.24) is 20.4 Å². The summed E-state index contributed by atoms with van der Waals surface area (Å²) >= 11 is 1.91. The van der Waals surface area contributed by atoms with E-state index in [2.05, 4.69) is 15.5 Å². The molecule has 7 nitrogen and oxygen atoms in total. The standard InChI is InChI=1S/C17H32N4O3S/c1-14(17(23)19-4-3-10-24-2)20-6-8-21(9-7-20)16(22)12-15-13-25-11-5-18-15/h14-15,18H,3-13H2,1-2H3,(H,19,23). The van der Waals surface area contributed by atoms with Crippen LogP contribution in [0.2, 0.25) is 0 Å². The zero-order valence-electron chi connectivity index (χ0n) is 15.5. The molecule has 2 aliphatic heterocycles. The number of nitrogens with zero attached hydrogens (tertiary/aromatic N) is 2. The number of nitrogens with one attached hydrogen (secondary N) is 2. The molecule has 8 heteroatoms. The van der Waals surface area contributed by atoms with E-state index in [1.54, 1.807) is 7.11 Å². The summed E-state index contributed by atoms with van der Waals surface area (Å²) in [4.78, 5) is 28.7. The number of ether oxygens (including phenoxy) is 1. The van der Waals surface area contributed by atoms with Gasteiger partial charge in [0, 0.05) is 77.0 Å². The Balaban J connectivity index is 1.67. The van der Waals surface area contributed by atoms with Gasteiger partial charge in [0.25, 0.3) is 0 Å². The lowest BCUT2D eigenvalue weighted by atomic mass is 10.1. The summed E-state index contributed by atoms with van der Waals surface area (Å²) in [5.41, 5.74) is 0. The second-order valence-corrected chi connectivity index (χ2v) is 7.81. The van der Waals surface area contributed by atoms with Crippen molar-refractivity contribution >= 4 is 23.6 Å². The fourth-order valence-corrected chi connectivity index (χ4v) is 4.14. The molecule has 2 fully saturated rings. The van der Waals surface area contributed by atoms with Crippen molar-refractivity contribution in [3.63, 3.8) is 0 Å². The smallest absolute Gasteiger partial charge is 0.237 e. The van der Waals surface area contributed by atoms with Crippen LogP contribution in [-0.4, -0.2) is 98.2 Å². The SMILES string of the molecule is COCCCNC(=O)C(C)N1CCN(C(=O)CC2CSCCN2)CC1. The molecule has 0 aromatic heterocycles. The van der Waals surface area contributed by atoms with Gasteiger partial charge in [0.05, 0.1) is 6.04 Å². The van der Waals surface area contributed by atoms with Crippen LogP contribution in [0.25, 0.3) is 0 Å². The van der Waals surface area contributed by atoms with Crippen LogP contribution >= 0.6 is 11.8 Å². The van der Waals surface area contributed by atoms with Gasteiger partial charge in [-0.1, -0.05) is 0 Å². The average molecular weight is 373 g/mol. The van der Waals surface area contributed by atoms with E-state index in [9.17, 15) is 9.59 Å². The van der Waals surface area contributed by atoms with E-state index in [0.29, 0.717) is 38.7 Å². The zero-order chi connectivity index (χ0) is 18.1. The van der Waals surface area contributed by atoms with Crippen LogP contribution in [0.4, 0.5) is 0 Å². The first kappa shape index (κ1) is 20.5. The van der Waals surface area contributed by atoms with E-state index in [0.717, 1.165) is 37.6 Å². The highest BCUT2D eigenvalue weighted by atomic mass is 32.2. The minimum absolute atomic E-state index is 0.0549. The van der Waals surface area contributed by atoms with Crippen molar-refractivity contribution in [1.29, 1.82) is 0 Å². The molecule has 144 valence electrons. The van der Waals surface area contributed by atoms with Crippen molar-refractivity contribution in [2.75, 3.05) is 64.5 Å². The molecule has 2 aliphatic rings. The van der Waals surface area contributed by atoms with Crippen LogP contribution in [0.3, 0.4) is 0 Å². The summed E-state index contributed by atoms with van der Waals surface area (Å²) < 4.78 is 4.98. The van der Waals surface area contributed by atoms with Crippen molar-refractivity contribution < 1.29 is 14.3 Å². The molecule has 0 spiro atoms. The van der Waals surface area contributed by atoms with Crippen molar-refractivity contribution in [3.05, 3.63) is 0 Å². The molecule has 2 saturated heterocycles. The van der Waals surface area contributed by atoms with Gasteiger partial charge in [0.15, 0.2) is 0 Å². The third-order valence-corrected chi connectivity index (χ3v) is 5.97. The second-order valence-electron chi connectivity index (χ2n) is 6.66. The number of thioether (sulfide) groups is 1. The van der Waals surface area contributed by atoms with Gasteiger partial charge in [-0.2, -0.15) is 11.8 Å². The van der Waals surface area contributed by atoms with Gasteiger partial charge in [-0.05, 0) is 13.3 Å². The monoisotopic (exact) mass is 372 g/mol. The van der Waals surface area contributed by atoms with Crippen molar-refractivity contribution in [3.8, 4) is 0 Å².